The molecule has 0 aliphatic carbocycles. The molecule has 1 aromatic heterocycles. The molecule has 0 aliphatic rings. The number of hydrogen-bond donors (Lipinski definition) is 0. The Morgan fingerprint density at radius 2 is 1.69 bits per heavy atom. The minimum atomic E-state index is -0.984. The molecule has 2 unspecified atom stereocenters. The molecule has 0 aliphatic heterocycles. The largest absolute Gasteiger partial charge is 0.469 e. The third kappa shape index (κ3) is 4.95. The average Bonchev–Trinajstić information content (AvgIpc) is 3.08. The average molecular weight is 397 g/mol. The number of thioether (sulfide) groups is 1. The van der Waals surface area contributed by atoms with E-state index in [0.717, 1.165) is 14.6 Å². The molecule has 0 bridgehead atoms. The number of carbonyl (C=O) groups is 3. The Morgan fingerprint density at radius 3 is 2.31 bits per heavy atom. The van der Waals surface area contributed by atoms with E-state index in [-0.39, 0.29) is 12.2 Å². The van der Waals surface area contributed by atoms with Crippen LogP contribution in [0, 0.1) is 11.8 Å². The molecule has 0 saturated carbocycles. The number of methoxy groups -OCH3 is 3. The summed E-state index contributed by atoms with van der Waals surface area (Å²) in [4.78, 5) is 40.5. The summed E-state index contributed by atoms with van der Waals surface area (Å²) in [7, 11) is 3.67. The van der Waals surface area contributed by atoms with Gasteiger partial charge in [-0.3, -0.25) is 14.4 Å². The minimum absolute atomic E-state index is 0.225. The summed E-state index contributed by atoms with van der Waals surface area (Å²) in [5, 5.41) is 0. The molecule has 2 atom stereocenters. The first kappa shape index (κ1) is 20.2. The van der Waals surface area contributed by atoms with Crippen LogP contribution in [0.4, 0.5) is 0 Å². The molecule has 0 radical (unpaired) electrons. The van der Waals surface area contributed by atoms with Crippen LogP contribution in [0.5, 0.6) is 0 Å². The van der Waals surface area contributed by atoms with Crippen molar-refractivity contribution < 1.29 is 28.6 Å². The topological polar surface area (TPSA) is 91.8 Å². The van der Waals surface area contributed by atoms with E-state index in [1.165, 1.54) is 44.4 Å². The van der Waals surface area contributed by atoms with Crippen molar-refractivity contribution in [3.63, 3.8) is 0 Å². The third-order valence-corrected chi connectivity index (χ3v) is 6.07. The number of ether oxygens (including phenoxy) is 3. The fraction of sp³-hybridized carbons (Fsp3) is 0.412. The van der Waals surface area contributed by atoms with Crippen LogP contribution in [0.25, 0.3) is 10.2 Å². The van der Waals surface area contributed by atoms with Crippen molar-refractivity contribution in [1.82, 2.24) is 4.98 Å². The van der Waals surface area contributed by atoms with Gasteiger partial charge in [-0.1, -0.05) is 23.9 Å². The zero-order valence-electron chi connectivity index (χ0n) is 14.6. The minimum Gasteiger partial charge on any atom is -0.469 e. The van der Waals surface area contributed by atoms with Gasteiger partial charge in [-0.05, 0) is 12.1 Å². The Bertz CT molecular complexity index is 757. The summed E-state index contributed by atoms with van der Waals surface area (Å²) in [5.74, 6) is -3.46. The van der Waals surface area contributed by atoms with E-state index in [9.17, 15) is 14.4 Å². The van der Waals surface area contributed by atoms with Crippen LogP contribution < -0.4 is 0 Å². The van der Waals surface area contributed by atoms with E-state index in [4.69, 9.17) is 9.47 Å². The van der Waals surface area contributed by atoms with Gasteiger partial charge in [0.15, 0.2) is 4.34 Å². The number of esters is 3. The lowest BCUT2D eigenvalue weighted by Gasteiger charge is -2.21. The Labute approximate surface area is 159 Å². The van der Waals surface area contributed by atoms with Gasteiger partial charge < -0.3 is 14.2 Å². The van der Waals surface area contributed by atoms with Gasteiger partial charge in [-0.15, -0.1) is 11.3 Å². The number of benzene rings is 1. The lowest BCUT2D eigenvalue weighted by Crippen LogP contribution is -2.35. The van der Waals surface area contributed by atoms with Crippen molar-refractivity contribution in [2.45, 2.75) is 10.8 Å². The number of aromatic nitrogens is 1. The van der Waals surface area contributed by atoms with Crippen LogP contribution in [-0.2, 0) is 28.6 Å². The zero-order chi connectivity index (χ0) is 19.1. The molecule has 1 aromatic carbocycles. The van der Waals surface area contributed by atoms with Crippen LogP contribution in [0.3, 0.4) is 0 Å². The van der Waals surface area contributed by atoms with Gasteiger partial charge in [0.1, 0.15) is 0 Å². The maximum atomic E-state index is 12.2. The van der Waals surface area contributed by atoms with Crippen molar-refractivity contribution in [2.24, 2.45) is 11.8 Å². The predicted octanol–water partition coefficient (Wildman–Crippen LogP) is 2.53. The van der Waals surface area contributed by atoms with Crippen LogP contribution in [0.2, 0.25) is 0 Å². The van der Waals surface area contributed by atoms with Gasteiger partial charge in [-0.2, -0.15) is 0 Å². The monoisotopic (exact) mass is 397 g/mol. The van der Waals surface area contributed by atoms with Gasteiger partial charge in [0.05, 0.1) is 49.8 Å². The van der Waals surface area contributed by atoms with Crippen LogP contribution in [0.15, 0.2) is 28.6 Å². The van der Waals surface area contributed by atoms with Gasteiger partial charge in [0.2, 0.25) is 0 Å². The summed E-state index contributed by atoms with van der Waals surface area (Å²) in [6.07, 6.45) is -0.261. The molecular formula is C17H19NO6S2. The SMILES string of the molecule is COC(=O)CC(C(=O)OC)C(CSc1nc2ccccc2s1)C(=O)OC. The molecule has 140 valence electrons. The summed E-state index contributed by atoms with van der Waals surface area (Å²) in [6, 6.07) is 7.69. The number of carbonyl (C=O) groups excluding carboxylic acids is 3. The number of para-hydroxylation sites is 1. The Kier molecular flexibility index (Phi) is 7.40. The van der Waals surface area contributed by atoms with E-state index in [1.54, 1.807) is 0 Å². The molecule has 1 heterocycles. The van der Waals surface area contributed by atoms with Crippen molar-refractivity contribution >= 4 is 51.2 Å². The van der Waals surface area contributed by atoms with Crippen molar-refractivity contribution in [1.29, 1.82) is 0 Å². The molecule has 0 spiro atoms. The molecule has 0 fully saturated rings. The van der Waals surface area contributed by atoms with E-state index in [2.05, 4.69) is 9.72 Å². The quantitative estimate of drug-likeness (QED) is 0.381. The van der Waals surface area contributed by atoms with E-state index in [1.807, 2.05) is 24.3 Å². The molecule has 0 amide bonds. The summed E-state index contributed by atoms with van der Waals surface area (Å²) in [5.41, 5.74) is 0.869. The van der Waals surface area contributed by atoms with Gasteiger partial charge in [0, 0.05) is 5.75 Å². The number of fused-ring (bicyclic) bond motifs is 1. The first-order valence-corrected chi connectivity index (χ1v) is 9.51. The number of thiazole rings is 1. The maximum Gasteiger partial charge on any atom is 0.310 e. The van der Waals surface area contributed by atoms with Gasteiger partial charge >= 0.3 is 17.9 Å². The van der Waals surface area contributed by atoms with Crippen LogP contribution >= 0.6 is 23.1 Å². The third-order valence-electron chi connectivity index (χ3n) is 3.77. The van der Waals surface area contributed by atoms with E-state index >= 15 is 0 Å². The predicted molar refractivity (Wildman–Crippen MR) is 98.0 cm³/mol. The highest BCUT2D eigenvalue weighted by Gasteiger charge is 2.37. The second-order valence-corrected chi connectivity index (χ2v) is 7.60. The zero-order valence-corrected chi connectivity index (χ0v) is 16.2. The lowest BCUT2D eigenvalue weighted by molar-refractivity contribution is -0.160. The highest BCUT2D eigenvalue weighted by atomic mass is 32.2. The molecule has 26 heavy (non-hydrogen) atoms. The van der Waals surface area contributed by atoms with Crippen LogP contribution in [-0.4, -0.2) is 50.0 Å². The summed E-state index contributed by atoms with van der Waals surface area (Å²) >= 11 is 2.83. The highest BCUT2D eigenvalue weighted by Crippen LogP contribution is 2.33. The standard InChI is InChI=1S/C17H19NO6S2/c1-22-14(19)8-10(15(20)23-2)11(16(21)24-3)9-25-17-18-12-6-4-5-7-13(12)26-17/h4-7,10-11H,8-9H2,1-3H3. The number of rotatable bonds is 8. The first-order chi connectivity index (χ1) is 12.5. The molecular weight excluding hydrogens is 378 g/mol. The van der Waals surface area contributed by atoms with Gasteiger partial charge in [0.25, 0.3) is 0 Å². The van der Waals surface area contributed by atoms with Crippen molar-refractivity contribution in [2.75, 3.05) is 27.1 Å². The number of nitrogens with zero attached hydrogens (tertiary/aromatic N) is 1. The fourth-order valence-electron chi connectivity index (χ4n) is 2.38. The molecule has 0 N–H and O–H groups in total. The second kappa shape index (κ2) is 9.54. The number of hydrogen-bond acceptors (Lipinski definition) is 9. The Morgan fingerprint density at radius 1 is 1.04 bits per heavy atom. The smallest absolute Gasteiger partial charge is 0.310 e. The summed E-state index contributed by atoms with van der Waals surface area (Å²) < 4.78 is 16.0. The lowest BCUT2D eigenvalue weighted by atomic mass is 9.91. The van der Waals surface area contributed by atoms with E-state index in [0.29, 0.717) is 0 Å². The van der Waals surface area contributed by atoms with Crippen LogP contribution in [0.1, 0.15) is 6.42 Å². The summed E-state index contributed by atoms with van der Waals surface area (Å²) in [6.45, 7) is 0. The fourth-order valence-corrected chi connectivity index (χ4v) is 4.64. The molecule has 9 heteroatoms. The normalized spacial score (nSPS) is 13.0. The maximum absolute atomic E-state index is 12.2. The molecule has 7 nitrogen and oxygen atoms in total. The molecule has 2 aromatic rings. The van der Waals surface area contributed by atoms with E-state index < -0.39 is 29.7 Å². The Balaban J connectivity index is 2.19. The van der Waals surface area contributed by atoms with Crippen molar-refractivity contribution in [3.8, 4) is 0 Å². The van der Waals surface area contributed by atoms with Gasteiger partial charge in [-0.25, -0.2) is 4.98 Å². The molecule has 2 rings (SSSR count). The Hall–Kier alpha value is -2.13. The highest BCUT2D eigenvalue weighted by molar-refractivity contribution is 8.01. The molecule has 0 saturated heterocycles. The first-order valence-electron chi connectivity index (χ1n) is 7.71. The second-order valence-electron chi connectivity index (χ2n) is 5.30. The van der Waals surface area contributed by atoms with Crippen molar-refractivity contribution in [3.05, 3.63) is 24.3 Å².